The quantitative estimate of drug-likeness (QED) is 0.0600. The van der Waals surface area contributed by atoms with E-state index in [0.29, 0.717) is 13.0 Å². The number of carbonyl (C=O) groups is 2. The Labute approximate surface area is 398 Å². The minimum absolute atomic E-state index is 0.0329. The zero-order valence-corrected chi connectivity index (χ0v) is 41.2. The number of amides is 2. The van der Waals surface area contributed by atoms with E-state index in [-0.39, 0.29) is 24.5 Å². The van der Waals surface area contributed by atoms with Gasteiger partial charge >= 0.3 is 17.9 Å². The van der Waals surface area contributed by atoms with Crippen LogP contribution in [0.3, 0.4) is 0 Å². The molecule has 1 aromatic carbocycles. The molecule has 1 aliphatic heterocycles. The second kappa shape index (κ2) is 22.9. The lowest BCUT2D eigenvalue weighted by Crippen LogP contribution is -2.75. The van der Waals surface area contributed by atoms with Gasteiger partial charge in [-0.1, -0.05) is 109 Å². The van der Waals surface area contributed by atoms with Gasteiger partial charge in [0.2, 0.25) is 6.29 Å². The van der Waals surface area contributed by atoms with E-state index in [9.17, 15) is 40.1 Å². The molecule has 0 bridgehead atoms. The number of hydrogen-bond donors (Lipinski definition) is 6. The summed E-state index contributed by atoms with van der Waals surface area (Å²) in [5.74, 6) is 0.881. The van der Waals surface area contributed by atoms with Gasteiger partial charge in [-0.15, -0.1) is 0 Å². The van der Waals surface area contributed by atoms with Gasteiger partial charge < -0.3 is 50.0 Å². The SMILES string of the molecule is CCC(CNC(=O)OCc1ccc(O[C@@H]2OC(CO)[C@H](O)C(O)[C@H]2O)c([N+](=O)[O-])c1)OC(=O)NCCS(C1CCCCC1)(C1CCCCC1)(C1CCCCC1)(C1CCCCC1)C1CCCCC1. The molecule has 16 heteroatoms. The lowest BCUT2D eigenvalue weighted by Gasteiger charge is -2.97. The molecule has 6 fully saturated rings. The average Bonchev–Trinajstić information content (AvgIpc) is 3.38. The molecule has 6 atom stereocenters. The molecule has 1 saturated heterocycles. The smallest absolute Gasteiger partial charge is 0.407 e. The lowest BCUT2D eigenvalue weighted by atomic mass is 9.97. The van der Waals surface area contributed by atoms with Gasteiger partial charge in [0.05, 0.1) is 18.1 Å². The van der Waals surface area contributed by atoms with Crippen molar-refractivity contribution in [2.24, 2.45) is 0 Å². The first-order valence-electron chi connectivity index (χ1n) is 26.5. The van der Waals surface area contributed by atoms with E-state index in [2.05, 4.69) is 10.6 Å². The van der Waals surface area contributed by atoms with Crippen molar-refractivity contribution in [3.63, 3.8) is 0 Å². The zero-order valence-electron chi connectivity index (χ0n) is 40.4. The van der Waals surface area contributed by atoms with E-state index >= 15 is 0 Å². The molecule has 5 aliphatic carbocycles. The highest BCUT2D eigenvalue weighted by molar-refractivity contribution is 8.66. The highest BCUT2D eigenvalue weighted by Crippen LogP contribution is 3.06. The summed E-state index contributed by atoms with van der Waals surface area (Å²) in [5, 5.41) is 62.3. The molecule has 3 unspecified atom stereocenters. The molecule has 15 nitrogen and oxygen atoms in total. The number of nitro groups is 1. The fraction of sp³-hybridized carbons (Fsp3) is 0.843. The molecule has 7 rings (SSSR count). The molecule has 2 amide bonds. The number of nitrogens with one attached hydrogen (secondary N) is 2. The summed E-state index contributed by atoms with van der Waals surface area (Å²) in [6, 6.07) is 3.83. The van der Waals surface area contributed by atoms with Crippen LogP contribution in [0.25, 0.3) is 0 Å². The summed E-state index contributed by atoms with van der Waals surface area (Å²) < 4.78 is 22.4. The molecule has 0 aromatic heterocycles. The summed E-state index contributed by atoms with van der Waals surface area (Å²) in [7, 11) is -3.09. The van der Waals surface area contributed by atoms with Gasteiger partial charge in [-0.05, 0) is 114 Å². The molecule has 67 heavy (non-hydrogen) atoms. The number of aliphatic hydroxyl groups is 4. The number of benzene rings is 1. The van der Waals surface area contributed by atoms with Crippen LogP contribution in [0.1, 0.15) is 179 Å². The number of ether oxygens (including phenoxy) is 4. The van der Waals surface area contributed by atoms with Crippen LogP contribution in [-0.4, -0.2) is 126 Å². The maximum absolute atomic E-state index is 14.1. The highest BCUT2D eigenvalue weighted by atomic mass is 32.4. The molecular formula is C51H85N3O12S. The van der Waals surface area contributed by atoms with Crippen molar-refractivity contribution in [1.82, 2.24) is 10.6 Å². The van der Waals surface area contributed by atoms with Gasteiger partial charge in [0.15, 0.2) is 5.75 Å². The third kappa shape index (κ3) is 9.80. The molecule has 1 heterocycles. The first-order valence-corrected chi connectivity index (χ1v) is 29.5. The fourth-order valence-corrected chi connectivity index (χ4v) is 32.5. The van der Waals surface area contributed by atoms with Crippen LogP contribution in [0.2, 0.25) is 0 Å². The molecule has 0 radical (unpaired) electrons. The lowest BCUT2D eigenvalue weighted by molar-refractivity contribution is -0.387. The van der Waals surface area contributed by atoms with Gasteiger partial charge in [0.1, 0.15) is 37.1 Å². The van der Waals surface area contributed by atoms with E-state index in [0.717, 1.165) is 32.3 Å². The first-order chi connectivity index (χ1) is 32.4. The molecule has 382 valence electrons. The Morgan fingerprint density at radius 2 is 1.19 bits per heavy atom. The predicted octanol–water partition coefficient (Wildman–Crippen LogP) is 9.04. The van der Waals surface area contributed by atoms with E-state index in [1.807, 2.05) is 6.92 Å². The monoisotopic (exact) mass is 964 g/mol. The van der Waals surface area contributed by atoms with Crippen molar-refractivity contribution in [2.75, 3.05) is 25.4 Å². The van der Waals surface area contributed by atoms with E-state index in [1.54, 1.807) is 0 Å². The molecule has 1 aromatic rings. The third-order valence-electron chi connectivity index (χ3n) is 18.6. The minimum Gasteiger partial charge on any atom is -0.455 e. The van der Waals surface area contributed by atoms with Gasteiger partial charge in [-0.25, -0.2) is 9.59 Å². The van der Waals surface area contributed by atoms with Crippen LogP contribution in [0.4, 0.5) is 15.3 Å². The predicted molar refractivity (Wildman–Crippen MR) is 261 cm³/mol. The first kappa shape index (κ1) is 51.9. The summed E-state index contributed by atoms with van der Waals surface area (Å²) in [4.78, 5) is 38.3. The average molecular weight is 964 g/mol. The van der Waals surface area contributed by atoms with Crippen molar-refractivity contribution in [3.8, 4) is 5.75 Å². The normalized spacial score (nSPS) is 28.3. The van der Waals surface area contributed by atoms with Crippen LogP contribution in [-0.2, 0) is 20.8 Å². The van der Waals surface area contributed by atoms with Crippen LogP contribution >= 0.6 is 8.29 Å². The number of alkyl carbamates (subject to hydrolysis) is 2. The van der Waals surface area contributed by atoms with Crippen molar-refractivity contribution in [2.45, 2.75) is 244 Å². The van der Waals surface area contributed by atoms with Gasteiger partial charge in [-0.3, -0.25) is 18.4 Å². The Morgan fingerprint density at radius 1 is 0.716 bits per heavy atom. The van der Waals surface area contributed by atoms with Crippen LogP contribution < -0.4 is 15.4 Å². The number of carbonyl (C=O) groups excluding carboxylic acids is 2. The Kier molecular flexibility index (Phi) is 17.8. The third-order valence-corrected chi connectivity index (χ3v) is 32.4. The van der Waals surface area contributed by atoms with E-state index in [1.165, 1.54) is 178 Å². The van der Waals surface area contributed by atoms with Crippen molar-refractivity contribution in [1.29, 1.82) is 0 Å². The van der Waals surface area contributed by atoms with Crippen LogP contribution in [0.5, 0.6) is 5.75 Å². The largest absolute Gasteiger partial charge is 0.455 e. The summed E-state index contributed by atoms with van der Waals surface area (Å²) in [5.41, 5.74) is -0.245. The second-order valence-corrected chi connectivity index (χ2v) is 29.5. The topological polar surface area (TPSA) is 219 Å². The molecule has 6 N–H and O–H groups in total. The maximum atomic E-state index is 14.1. The Morgan fingerprint density at radius 3 is 1.63 bits per heavy atom. The summed E-state index contributed by atoms with van der Waals surface area (Å²) >= 11 is 0. The molecule has 0 spiro atoms. The number of hydrogen-bond acceptors (Lipinski definition) is 12. The van der Waals surface area contributed by atoms with Crippen LogP contribution in [0, 0.1) is 10.1 Å². The van der Waals surface area contributed by atoms with Gasteiger partial charge in [0, 0.05) is 12.6 Å². The van der Waals surface area contributed by atoms with Gasteiger partial charge in [-0.2, -0.15) is 0 Å². The standard InChI is InChI=1S/C51H85N3O12S/c1-2-37(33-53-50(59)63-35-36-28-29-44(43(32-36)54(61)62)65-49-48(58)47(57)46(56)45(34-55)66-49)64-51(60)52-30-31-67(38-18-8-3-9-19-38,39-20-10-4-11-21-39,40-22-12-5-13-23-40,41-24-14-6-15-25-41)42-26-16-7-17-27-42/h28-29,32,37-42,45-49,55-58H,2-27,30-31,33-35H2,1H3,(H,52,60)(H,53,59)/t37?,45?,46-,47?,48+,49+/m0/s1. The molecule has 6 aliphatic rings. The number of aliphatic hydroxyl groups excluding tert-OH is 4. The van der Waals surface area contributed by atoms with Crippen molar-refractivity contribution in [3.05, 3.63) is 33.9 Å². The van der Waals surface area contributed by atoms with E-state index < -0.39 is 74.5 Å². The second-order valence-electron chi connectivity index (χ2n) is 21.4. The fourth-order valence-electron chi connectivity index (χ4n) is 15.9. The Hall–Kier alpha value is -2.89. The maximum Gasteiger partial charge on any atom is 0.407 e. The van der Waals surface area contributed by atoms with E-state index in [4.69, 9.17) is 18.9 Å². The molecular weight excluding hydrogens is 879 g/mol. The Balaban J connectivity index is 1.04. The summed E-state index contributed by atoms with van der Waals surface area (Å²) in [6.07, 6.45) is 25.1. The van der Waals surface area contributed by atoms with Crippen molar-refractivity contribution < 1.29 is 53.9 Å². The minimum atomic E-state index is -3.09. The van der Waals surface area contributed by atoms with Crippen LogP contribution in [0.15, 0.2) is 18.2 Å². The highest BCUT2D eigenvalue weighted by Gasteiger charge is 2.78. The Bertz CT molecular complexity index is 1660. The summed E-state index contributed by atoms with van der Waals surface area (Å²) in [6.45, 7) is 1.61. The number of nitrogens with zero attached hydrogens (tertiary/aromatic N) is 1. The van der Waals surface area contributed by atoms with Crippen molar-refractivity contribution >= 4 is 26.2 Å². The number of rotatable bonds is 18. The molecule has 5 saturated carbocycles. The number of nitro benzene ring substituents is 1. The zero-order chi connectivity index (χ0) is 47.5. The van der Waals surface area contributed by atoms with Gasteiger partial charge in [0.25, 0.3) is 0 Å².